The molecule has 3 N–H and O–H groups in total. The van der Waals surface area contributed by atoms with Gasteiger partial charge in [-0.3, -0.25) is 4.79 Å². The Kier molecular flexibility index (Phi) is 6.72. The molecule has 0 unspecified atom stereocenters. The number of aromatic nitrogens is 1. The van der Waals surface area contributed by atoms with Crippen LogP contribution in [0, 0.1) is 0 Å². The zero-order valence-corrected chi connectivity index (χ0v) is 16.3. The lowest BCUT2D eigenvalue weighted by molar-refractivity contribution is 0.0953. The minimum absolute atomic E-state index is 0.125. The number of benzene rings is 2. The number of nitrogens with two attached hydrogens (primary N) is 1. The van der Waals surface area contributed by atoms with Crippen molar-refractivity contribution in [2.75, 3.05) is 13.1 Å². The average molecular weight is 406 g/mol. The lowest BCUT2D eigenvalue weighted by atomic mass is 10.1. The lowest BCUT2D eigenvalue weighted by Gasteiger charge is -2.05. The van der Waals surface area contributed by atoms with Crippen molar-refractivity contribution in [1.82, 2.24) is 10.3 Å². The summed E-state index contributed by atoms with van der Waals surface area (Å²) in [6, 6.07) is 10.3. The van der Waals surface area contributed by atoms with Crippen LogP contribution in [-0.2, 0) is 0 Å². The van der Waals surface area contributed by atoms with E-state index in [1.165, 1.54) is 0 Å². The molecule has 0 atom stereocenters. The average Bonchev–Trinajstić information content (AvgIpc) is 3.07. The van der Waals surface area contributed by atoms with E-state index in [1.807, 2.05) is 0 Å². The number of carbonyl (C=O) groups is 1. The zero-order chi connectivity index (χ0) is 19.2. The fourth-order valence-corrected chi connectivity index (χ4v) is 3.32. The van der Waals surface area contributed by atoms with Gasteiger partial charge in [-0.2, -0.15) is 0 Å². The zero-order valence-electron chi connectivity index (χ0n) is 14.8. The van der Waals surface area contributed by atoms with Gasteiger partial charge in [-0.25, -0.2) is 4.98 Å². The van der Waals surface area contributed by atoms with Gasteiger partial charge in [0, 0.05) is 27.7 Å². The van der Waals surface area contributed by atoms with E-state index in [1.54, 1.807) is 36.4 Å². The number of nitrogens with zero attached hydrogens (tertiary/aromatic N) is 1. The number of carbonyl (C=O) groups excluding carboxylic acids is 1. The summed E-state index contributed by atoms with van der Waals surface area (Å²) >= 11 is 12.1. The van der Waals surface area contributed by atoms with Gasteiger partial charge in [-0.15, -0.1) is 0 Å². The number of halogens is 2. The smallest absolute Gasteiger partial charge is 0.251 e. The normalized spacial score (nSPS) is 11.1. The van der Waals surface area contributed by atoms with Crippen LogP contribution in [0.15, 0.2) is 40.8 Å². The molecule has 27 heavy (non-hydrogen) atoms. The number of rotatable bonds is 8. The Morgan fingerprint density at radius 1 is 1.04 bits per heavy atom. The molecule has 0 bridgehead atoms. The topological polar surface area (TPSA) is 81.1 Å². The predicted molar refractivity (Wildman–Crippen MR) is 109 cm³/mol. The molecule has 5 nitrogen and oxygen atoms in total. The maximum atomic E-state index is 12.3. The maximum absolute atomic E-state index is 12.3. The van der Waals surface area contributed by atoms with Crippen molar-refractivity contribution in [2.24, 2.45) is 5.73 Å². The molecule has 142 valence electrons. The van der Waals surface area contributed by atoms with Gasteiger partial charge in [0.2, 0.25) is 5.89 Å². The summed E-state index contributed by atoms with van der Waals surface area (Å²) in [5, 5.41) is 3.94. The number of unbranched alkanes of at least 4 members (excludes halogenated alkanes) is 3. The molecule has 3 rings (SSSR count). The molecule has 7 heteroatoms. The van der Waals surface area contributed by atoms with E-state index in [0.29, 0.717) is 51.3 Å². The Labute approximate surface area is 167 Å². The summed E-state index contributed by atoms with van der Waals surface area (Å²) in [6.07, 6.45) is 4.11. The van der Waals surface area contributed by atoms with Crippen molar-refractivity contribution >= 4 is 40.2 Å². The van der Waals surface area contributed by atoms with Crippen molar-refractivity contribution in [2.45, 2.75) is 25.7 Å². The van der Waals surface area contributed by atoms with Gasteiger partial charge in [0.15, 0.2) is 5.58 Å². The Balaban J connectivity index is 1.69. The van der Waals surface area contributed by atoms with Gasteiger partial charge in [0.25, 0.3) is 5.91 Å². The summed E-state index contributed by atoms with van der Waals surface area (Å²) in [5.74, 6) is 0.284. The minimum atomic E-state index is -0.125. The number of amides is 1. The molecule has 1 aromatic heterocycles. The van der Waals surface area contributed by atoms with E-state index >= 15 is 0 Å². The third-order valence-corrected chi connectivity index (χ3v) is 4.61. The van der Waals surface area contributed by atoms with Crippen molar-refractivity contribution in [3.8, 4) is 11.5 Å². The van der Waals surface area contributed by atoms with Crippen LogP contribution in [-0.4, -0.2) is 24.0 Å². The fraction of sp³-hybridized carbons (Fsp3) is 0.300. The highest BCUT2D eigenvalue weighted by Crippen LogP contribution is 2.29. The highest BCUT2D eigenvalue weighted by Gasteiger charge is 2.13. The number of nitrogens with one attached hydrogen (secondary N) is 1. The van der Waals surface area contributed by atoms with E-state index < -0.39 is 0 Å². The standard InChI is InChI=1S/C20H21Cl2N3O2/c21-15-9-14(10-16(22)12-15)20-25-17-6-5-13(11-18(17)27-20)19(26)24-8-4-2-1-3-7-23/h5-6,9-12H,1-4,7-8,23H2,(H,24,26). The largest absolute Gasteiger partial charge is 0.436 e. The molecule has 0 fully saturated rings. The first-order valence-corrected chi connectivity index (χ1v) is 9.68. The summed E-state index contributed by atoms with van der Waals surface area (Å²) in [4.78, 5) is 16.8. The van der Waals surface area contributed by atoms with E-state index in [-0.39, 0.29) is 5.91 Å². The fourth-order valence-electron chi connectivity index (χ4n) is 2.79. The molecule has 1 heterocycles. The first kappa shape index (κ1) is 19.7. The summed E-state index contributed by atoms with van der Waals surface area (Å²) < 4.78 is 5.80. The Morgan fingerprint density at radius 2 is 1.78 bits per heavy atom. The predicted octanol–water partition coefficient (Wildman–Crippen LogP) is 5.05. The van der Waals surface area contributed by atoms with Gasteiger partial charge >= 0.3 is 0 Å². The monoisotopic (exact) mass is 405 g/mol. The third kappa shape index (κ3) is 5.22. The van der Waals surface area contributed by atoms with Crippen LogP contribution in [0.5, 0.6) is 0 Å². The number of hydrogen-bond donors (Lipinski definition) is 2. The first-order valence-electron chi connectivity index (χ1n) is 8.92. The Bertz CT molecular complexity index is 920. The van der Waals surface area contributed by atoms with E-state index in [0.717, 1.165) is 25.7 Å². The van der Waals surface area contributed by atoms with Crippen LogP contribution in [0.2, 0.25) is 10.0 Å². The molecule has 1 amide bonds. The van der Waals surface area contributed by atoms with Gasteiger partial charge < -0.3 is 15.5 Å². The molecule has 0 spiro atoms. The minimum Gasteiger partial charge on any atom is -0.436 e. The lowest BCUT2D eigenvalue weighted by Crippen LogP contribution is -2.24. The highest BCUT2D eigenvalue weighted by atomic mass is 35.5. The van der Waals surface area contributed by atoms with Crippen LogP contribution in [0.25, 0.3) is 22.6 Å². The molecule has 0 aliphatic heterocycles. The van der Waals surface area contributed by atoms with Gasteiger partial charge in [0.1, 0.15) is 5.52 Å². The first-order chi connectivity index (χ1) is 13.1. The third-order valence-electron chi connectivity index (χ3n) is 4.18. The van der Waals surface area contributed by atoms with Crippen LogP contribution in [0.3, 0.4) is 0 Å². The summed E-state index contributed by atoms with van der Waals surface area (Å²) in [5.41, 5.74) is 7.90. The summed E-state index contributed by atoms with van der Waals surface area (Å²) in [6.45, 7) is 1.36. The van der Waals surface area contributed by atoms with Crippen molar-refractivity contribution < 1.29 is 9.21 Å². The van der Waals surface area contributed by atoms with E-state index in [4.69, 9.17) is 33.4 Å². The molecule has 2 aromatic carbocycles. The highest BCUT2D eigenvalue weighted by molar-refractivity contribution is 6.35. The van der Waals surface area contributed by atoms with Gasteiger partial charge in [0.05, 0.1) is 0 Å². The van der Waals surface area contributed by atoms with E-state index in [2.05, 4.69) is 10.3 Å². The molecular formula is C20H21Cl2N3O2. The Hall–Kier alpha value is -2.08. The second-order valence-electron chi connectivity index (χ2n) is 6.32. The molecule has 0 aliphatic carbocycles. The quantitative estimate of drug-likeness (QED) is 0.513. The van der Waals surface area contributed by atoms with Crippen molar-refractivity contribution in [1.29, 1.82) is 0 Å². The number of fused-ring (bicyclic) bond motifs is 1. The second-order valence-corrected chi connectivity index (χ2v) is 7.19. The molecule has 0 saturated carbocycles. The maximum Gasteiger partial charge on any atom is 0.251 e. The molecule has 0 aliphatic rings. The van der Waals surface area contributed by atoms with Gasteiger partial charge in [-0.05, 0) is 55.8 Å². The number of hydrogen-bond acceptors (Lipinski definition) is 4. The van der Waals surface area contributed by atoms with E-state index in [9.17, 15) is 4.79 Å². The van der Waals surface area contributed by atoms with Crippen LogP contribution >= 0.6 is 23.2 Å². The Morgan fingerprint density at radius 3 is 2.52 bits per heavy atom. The van der Waals surface area contributed by atoms with Gasteiger partial charge in [-0.1, -0.05) is 36.0 Å². The van der Waals surface area contributed by atoms with Crippen LogP contribution in [0.4, 0.5) is 0 Å². The van der Waals surface area contributed by atoms with Crippen LogP contribution < -0.4 is 11.1 Å². The summed E-state index contributed by atoms with van der Waals surface area (Å²) in [7, 11) is 0. The SMILES string of the molecule is NCCCCCCNC(=O)c1ccc2nc(-c3cc(Cl)cc(Cl)c3)oc2c1. The van der Waals surface area contributed by atoms with Crippen molar-refractivity contribution in [3.63, 3.8) is 0 Å². The van der Waals surface area contributed by atoms with Crippen molar-refractivity contribution in [3.05, 3.63) is 52.0 Å². The molecule has 0 saturated heterocycles. The molecule has 3 aromatic rings. The molecule has 0 radical (unpaired) electrons. The number of oxazole rings is 1. The molecular weight excluding hydrogens is 385 g/mol. The van der Waals surface area contributed by atoms with Crippen LogP contribution in [0.1, 0.15) is 36.0 Å². The second kappa shape index (κ2) is 9.22.